The van der Waals surface area contributed by atoms with E-state index in [0.717, 1.165) is 5.57 Å². The molecule has 0 aromatic heterocycles. The summed E-state index contributed by atoms with van der Waals surface area (Å²) in [6, 6.07) is 0. The minimum Gasteiger partial charge on any atom is -0.388 e. The van der Waals surface area contributed by atoms with Crippen molar-refractivity contribution in [3.05, 3.63) is 17.9 Å². The maximum absolute atomic E-state index is 10.5. The van der Waals surface area contributed by atoms with Gasteiger partial charge in [-0.25, -0.2) is 0 Å². The molecule has 1 atom stereocenters. The molecular formula is C16H26O. The van der Waals surface area contributed by atoms with Crippen LogP contribution in [0, 0.1) is 11.8 Å². The van der Waals surface area contributed by atoms with E-state index in [1.54, 1.807) is 0 Å². The summed E-state index contributed by atoms with van der Waals surface area (Å²) in [6.45, 7) is 3.83. The van der Waals surface area contributed by atoms with Crippen molar-refractivity contribution in [2.24, 2.45) is 11.8 Å². The molecule has 2 saturated carbocycles. The highest BCUT2D eigenvalue weighted by Crippen LogP contribution is 2.36. The number of aliphatic hydroxyl groups excluding tert-OH is 1. The zero-order valence-corrected chi connectivity index (χ0v) is 11.0. The van der Waals surface area contributed by atoms with Crippen LogP contribution < -0.4 is 0 Å². The van der Waals surface area contributed by atoms with Crippen molar-refractivity contribution in [3.8, 4) is 0 Å². The van der Waals surface area contributed by atoms with Gasteiger partial charge in [0, 0.05) is 5.57 Å². The standard InChI is InChI=1S/C16H26O/c1-2-15(13-9-5-3-6-10-13)16(17)14-11-7-4-8-12-14/h13-14,16-17H,1,3-12H2. The van der Waals surface area contributed by atoms with E-state index in [-0.39, 0.29) is 6.10 Å². The van der Waals surface area contributed by atoms with Gasteiger partial charge in [0.15, 0.2) is 0 Å². The highest BCUT2D eigenvalue weighted by Gasteiger charge is 2.29. The SMILES string of the molecule is C=C=C(C1CCCCC1)C(O)C1CCCCC1. The molecule has 2 aliphatic rings. The molecule has 1 unspecified atom stereocenters. The van der Waals surface area contributed by atoms with Crippen LogP contribution in [0.25, 0.3) is 0 Å². The van der Waals surface area contributed by atoms with E-state index in [0.29, 0.717) is 11.8 Å². The molecule has 0 aromatic rings. The second kappa shape index (κ2) is 6.42. The Kier molecular flexibility index (Phi) is 4.88. The van der Waals surface area contributed by atoms with Crippen LogP contribution in [-0.4, -0.2) is 11.2 Å². The van der Waals surface area contributed by atoms with E-state index in [9.17, 15) is 5.11 Å². The first-order valence-corrected chi connectivity index (χ1v) is 7.41. The molecule has 1 nitrogen and oxygen atoms in total. The zero-order chi connectivity index (χ0) is 12.1. The second-order valence-corrected chi connectivity index (χ2v) is 5.81. The lowest BCUT2D eigenvalue weighted by atomic mass is 9.75. The molecule has 0 amide bonds. The normalized spacial score (nSPS) is 25.2. The summed E-state index contributed by atoms with van der Waals surface area (Å²) >= 11 is 0. The van der Waals surface area contributed by atoms with Crippen molar-refractivity contribution in [2.45, 2.75) is 70.3 Å². The molecule has 17 heavy (non-hydrogen) atoms. The van der Waals surface area contributed by atoms with E-state index in [1.807, 2.05) is 0 Å². The molecule has 0 aliphatic heterocycles. The summed E-state index contributed by atoms with van der Waals surface area (Å²) in [5, 5.41) is 10.5. The summed E-state index contributed by atoms with van der Waals surface area (Å²) in [5.41, 5.74) is 4.22. The first-order valence-electron chi connectivity index (χ1n) is 7.41. The van der Waals surface area contributed by atoms with Crippen molar-refractivity contribution in [1.82, 2.24) is 0 Å². The average molecular weight is 234 g/mol. The van der Waals surface area contributed by atoms with Gasteiger partial charge in [0.2, 0.25) is 0 Å². The largest absolute Gasteiger partial charge is 0.388 e. The number of hydrogen-bond donors (Lipinski definition) is 1. The molecule has 2 rings (SSSR count). The Bertz CT molecular complexity index is 276. The van der Waals surface area contributed by atoms with Crippen molar-refractivity contribution in [2.75, 3.05) is 0 Å². The van der Waals surface area contributed by atoms with E-state index in [4.69, 9.17) is 0 Å². The smallest absolute Gasteiger partial charge is 0.0854 e. The Morgan fingerprint density at radius 3 is 2.00 bits per heavy atom. The molecule has 0 heterocycles. The molecule has 0 aromatic carbocycles. The van der Waals surface area contributed by atoms with E-state index < -0.39 is 0 Å². The Labute approximate surface area is 106 Å². The van der Waals surface area contributed by atoms with E-state index in [2.05, 4.69) is 12.3 Å². The lowest BCUT2D eigenvalue weighted by molar-refractivity contribution is 0.102. The fourth-order valence-electron chi connectivity index (χ4n) is 3.61. The van der Waals surface area contributed by atoms with Crippen LogP contribution in [0.4, 0.5) is 0 Å². The van der Waals surface area contributed by atoms with Crippen molar-refractivity contribution >= 4 is 0 Å². The predicted molar refractivity (Wildman–Crippen MR) is 71.8 cm³/mol. The quantitative estimate of drug-likeness (QED) is 0.725. The highest BCUT2D eigenvalue weighted by atomic mass is 16.3. The molecule has 0 radical (unpaired) electrons. The minimum absolute atomic E-state index is 0.254. The van der Waals surface area contributed by atoms with Crippen LogP contribution in [0.1, 0.15) is 64.2 Å². The summed E-state index contributed by atoms with van der Waals surface area (Å²) in [4.78, 5) is 0. The van der Waals surface area contributed by atoms with Gasteiger partial charge < -0.3 is 5.11 Å². The molecule has 1 heteroatoms. The van der Waals surface area contributed by atoms with Crippen LogP contribution in [0.5, 0.6) is 0 Å². The van der Waals surface area contributed by atoms with E-state index >= 15 is 0 Å². The van der Waals surface area contributed by atoms with Crippen molar-refractivity contribution in [3.63, 3.8) is 0 Å². The van der Waals surface area contributed by atoms with Gasteiger partial charge in [0.05, 0.1) is 6.10 Å². The maximum Gasteiger partial charge on any atom is 0.0854 e. The lowest BCUT2D eigenvalue weighted by Crippen LogP contribution is -2.28. The molecule has 1 N–H and O–H groups in total. The van der Waals surface area contributed by atoms with Crippen LogP contribution in [-0.2, 0) is 0 Å². The Morgan fingerprint density at radius 1 is 0.941 bits per heavy atom. The van der Waals surface area contributed by atoms with E-state index in [1.165, 1.54) is 64.2 Å². The van der Waals surface area contributed by atoms with Gasteiger partial charge in [0.25, 0.3) is 0 Å². The van der Waals surface area contributed by atoms with Gasteiger partial charge in [0.1, 0.15) is 0 Å². The second-order valence-electron chi connectivity index (χ2n) is 5.81. The average Bonchev–Trinajstić information content (AvgIpc) is 2.42. The first-order chi connectivity index (χ1) is 8.33. The van der Waals surface area contributed by atoms with Gasteiger partial charge in [-0.1, -0.05) is 45.1 Å². The Hall–Kier alpha value is -0.520. The topological polar surface area (TPSA) is 20.2 Å². The molecular weight excluding hydrogens is 208 g/mol. The Morgan fingerprint density at radius 2 is 1.47 bits per heavy atom. The van der Waals surface area contributed by atoms with Crippen LogP contribution in [0.15, 0.2) is 17.9 Å². The van der Waals surface area contributed by atoms with Crippen LogP contribution >= 0.6 is 0 Å². The molecule has 96 valence electrons. The summed E-state index contributed by atoms with van der Waals surface area (Å²) in [7, 11) is 0. The third-order valence-corrected chi connectivity index (χ3v) is 4.66. The van der Waals surface area contributed by atoms with Gasteiger partial charge in [-0.2, -0.15) is 0 Å². The molecule has 2 fully saturated rings. The van der Waals surface area contributed by atoms with Crippen molar-refractivity contribution in [1.29, 1.82) is 0 Å². The third kappa shape index (κ3) is 3.24. The first kappa shape index (κ1) is 12.9. The number of aliphatic hydroxyl groups is 1. The predicted octanol–water partition coefficient (Wildman–Crippen LogP) is 4.22. The molecule has 0 bridgehead atoms. The van der Waals surface area contributed by atoms with Gasteiger partial charge in [-0.15, -0.1) is 5.73 Å². The van der Waals surface area contributed by atoms with Gasteiger partial charge in [-0.05, 0) is 37.5 Å². The maximum atomic E-state index is 10.5. The number of rotatable bonds is 3. The zero-order valence-electron chi connectivity index (χ0n) is 11.0. The lowest BCUT2D eigenvalue weighted by Gasteiger charge is -2.32. The summed E-state index contributed by atoms with van der Waals surface area (Å²) in [5.74, 6) is 1.05. The fraction of sp³-hybridized carbons (Fsp3) is 0.812. The van der Waals surface area contributed by atoms with Crippen LogP contribution in [0.2, 0.25) is 0 Å². The Balaban J connectivity index is 1.98. The molecule has 0 spiro atoms. The minimum atomic E-state index is -0.254. The summed E-state index contributed by atoms with van der Waals surface area (Å²) < 4.78 is 0. The van der Waals surface area contributed by atoms with Crippen LogP contribution in [0.3, 0.4) is 0 Å². The highest BCUT2D eigenvalue weighted by molar-refractivity contribution is 5.12. The molecule has 2 aliphatic carbocycles. The fourth-order valence-corrected chi connectivity index (χ4v) is 3.61. The van der Waals surface area contributed by atoms with Gasteiger partial charge in [-0.3, -0.25) is 0 Å². The summed E-state index contributed by atoms with van der Waals surface area (Å²) in [6.07, 6.45) is 12.5. The monoisotopic (exact) mass is 234 g/mol. The third-order valence-electron chi connectivity index (χ3n) is 4.66. The number of hydrogen-bond acceptors (Lipinski definition) is 1. The van der Waals surface area contributed by atoms with Crippen molar-refractivity contribution < 1.29 is 5.11 Å². The van der Waals surface area contributed by atoms with Gasteiger partial charge >= 0.3 is 0 Å². The molecule has 0 saturated heterocycles.